The Morgan fingerprint density at radius 2 is 2.24 bits per heavy atom. The van der Waals surface area contributed by atoms with Gasteiger partial charge in [0.05, 0.1) is 22.2 Å². The Kier molecular flexibility index (Phi) is 5.10. The predicted octanol–water partition coefficient (Wildman–Crippen LogP) is 2.29. The second kappa shape index (κ2) is 7.13. The highest BCUT2D eigenvalue weighted by Gasteiger charge is 2.33. The van der Waals surface area contributed by atoms with Crippen LogP contribution in [0.3, 0.4) is 0 Å². The third kappa shape index (κ3) is 4.38. The van der Waals surface area contributed by atoms with Gasteiger partial charge in [-0.1, -0.05) is 6.07 Å². The van der Waals surface area contributed by atoms with E-state index in [1.807, 2.05) is 12.3 Å². The molecule has 0 aliphatic carbocycles. The van der Waals surface area contributed by atoms with Crippen molar-refractivity contribution in [2.45, 2.75) is 26.0 Å². The van der Waals surface area contributed by atoms with Gasteiger partial charge in [0, 0.05) is 24.0 Å². The molecule has 1 aliphatic rings. The average Bonchev–Trinajstić information content (AvgIpc) is 3.17. The third-order valence-corrected chi connectivity index (χ3v) is 6.78. The van der Waals surface area contributed by atoms with Crippen molar-refractivity contribution in [1.82, 2.24) is 9.88 Å². The summed E-state index contributed by atoms with van der Waals surface area (Å²) in [6.45, 7) is 2.28. The van der Waals surface area contributed by atoms with E-state index in [1.165, 1.54) is 4.90 Å². The molecule has 1 atom stereocenters. The summed E-state index contributed by atoms with van der Waals surface area (Å²) >= 11 is 1.56. The van der Waals surface area contributed by atoms with Gasteiger partial charge in [0.25, 0.3) is 5.91 Å². The number of ether oxygens (including phenoxy) is 1. The van der Waals surface area contributed by atoms with E-state index < -0.39 is 9.84 Å². The molecule has 2 aromatic rings. The molecule has 3 rings (SSSR count). The number of benzene rings is 1. The molecule has 1 fully saturated rings. The lowest BCUT2D eigenvalue weighted by Gasteiger charge is -2.23. The quantitative estimate of drug-likeness (QED) is 0.795. The first kappa shape index (κ1) is 17.9. The molecule has 0 N–H and O–H groups in total. The minimum Gasteiger partial charge on any atom is -0.487 e. The third-order valence-electron chi connectivity index (χ3n) is 4.21. The normalized spacial score (nSPS) is 18.9. The van der Waals surface area contributed by atoms with Crippen LogP contribution >= 0.6 is 11.3 Å². The first-order valence-electron chi connectivity index (χ1n) is 7.95. The molecule has 134 valence electrons. The molecule has 1 unspecified atom stereocenters. The maximum absolute atomic E-state index is 12.6. The van der Waals surface area contributed by atoms with Gasteiger partial charge in [-0.15, -0.1) is 11.3 Å². The van der Waals surface area contributed by atoms with Crippen LogP contribution in [0.2, 0.25) is 0 Å². The molecule has 1 aromatic heterocycles. The number of rotatable bonds is 5. The molecule has 1 amide bonds. The molecule has 1 aromatic carbocycles. The van der Waals surface area contributed by atoms with Crippen molar-refractivity contribution < 1.29 is 17.9 Å². The van der Waals surface area contributed by atoms with Gasteiger partial charge >= 0.3 is 0 Å². The van der Waals surface area contributed by atoms with E-state index in [4.69, 9.17) is 4.74 Å². The number of carbonyl (C=O) groups excluding carboxylic acids is 1. The van der Waals surface area contributed by atoms with Crippen LogP contribution in [-0.4, -0.2) is 48.8 Å². The Labute approximate surface area is 151 Å². The lowest BCUT2D eigenvalue weighted by atomic mass is 10.1. The predicted molar refractivity (Wildman–Crippen MR) is 96.8 cm³/mol. The van der Waals surface area contributed by atoms with Gasteiger partial charge in [-0.3, -0.25) is 4.79 Å². The van der Waals surface area contributed by atoms with E-state index in [0.717, 1.165) is 10.7 Å². The average molecular weight is 380 g/mol. The van der Waals surface area contributed by atoms with Gasteiger partial charge in [0.1, 0.15) is 12.4 Å². The highest BCUT2D eigenvalue weighted by atomic mass is 32.2. The Morgan fingerprint density at radius 3 is 2.88 bits per heavy atom. The van der Waals surface area contributed by atoms with Crippen LogP contribution in [0.5, 0.6) is 5.75 Å². The molecule has 8 heteroatoms. The van der Waals surface area contributed by atoms with Gasteiger partial charge in [-0.2, -0.15) is 0 Å². The van der Waals surface area contributed by atoms with Gasteiger partial charge < -0.3 is 9.64 Å². The van der Waals surface area contributed by atoms with E-state index in [2.05, 4.69) is 4.98 Å². The summed E-state index contributed by atoms with van der Waals surface area (Å²) in [6, 6.07) is 6.67. The fraction of sp³-hybridized carbons (Fsp3) is 0.412. The standard InChI is InChI=1S/C17H20N2O4S2/c1-12-18-14(10-24-12)9-23-16-5-3-4-13(8-16)17(20)19(2)15-6-7-25(21,22)11-15/h3-5,8,10,15H,6-7,9,11H2,1-2H3. The monoisotopic (exact) mass is 380 g/mol. The second-order valence-electron chi connectivity index (χ2n) is 6.15. The minimum atomic E-state index is -3.03. The zero-order chi connectivity index (χ0) is 18.0. The molecule has 6 nitrogen and oxygen atoms in total. The van der Waals surface area contributed by atoms with Crippen LogP contribution in [0.25, 0.3) is 0 Å². The van der Waals surface area contributed by atoms with Crippen LogP contribution in [-0.2, 0) is 16.4 Å². The number of hydrogen-bond donors (Lipinski definition) is 0. The number of aromatic nitrogens is 1. The van der Waals surface area contributed by atoms with Crippen molar-refractivity contribution in [3.05, 3.63) is 45.9 Å². The Balaban J connectivity index is 1.67. The Hall–Kier alpha value is -1.93. The Bertz CT molecular complexity index is 876. The van der Waals surface area contributed by atoms with Gasteiger partial charge in [0.15, 0.2) is 9.84 Å². The smallest absolute Gasteiger partial charge is 0.254 e. The second-order valence-corrected chi connectivity index (χ2v) is 9.44. The maximum Gasteiger partial charge on any atom is 0.254 e. The number of hydrogen-bond acceptors (Lipinski definition) is 6. The highest BCUT2D eigenvalue weighted by molar-refractivity contribution is 7.91. The molecule has 1 saturated heterocycles. The van der Waals surface area contributed by atoms with E-state index in [0.29, 0.717) is 24.3 Å². The highest BCUT2D eigenvalue weighted by Crippen LogP contribution is 2.21. The summed E-state index contributed by atoms with van der Waals surface area (Å²) in [5.41, 5.74) is 1.34. The first-order chi connectivity index (χ1) is 11.8. The largest absolute Gasteiger partial charge is 0.487 e. The van der Waals surface area contributed by atoms with Crippen molar-refractivity contribution in [2.75, 3.05) is 18.6 Å². The summed E-state index contributed by atoms with van der Waals surface area (Å²) in [5.74, 6) is 0.570. The zero-order valence-electron chi connectivity index (χ0n) is 14.1. The fourth-order valence-corrected chi connectivity index (χ4v) is 5.17. The van der Waals surface area contributed by atoms with Crippen molar-refractivity contribution in [3.63, 3.8) is 0 Å². The molecule has 0 radical (unpaired) electrons. The van der Waals surface area contributed by atoms with E-state index in [9.17, 15) is 13.2 Å². The van der Waals surface area contributed by atoms with Crippen molar-refractivity contribution in [1.29, 1.82) is 0 Å². The maximum atomic E-state index is 12.6. The number of thiazole rings is 1. The molecular formula is C17H20N2O4S2. The van der Waals surface area contributed by atoms with Crippen LogP contribution in [0, 0.1) is 6.92 Å². The number of amides is 1. The summed E-state index contributed by atoms with van der Waals surface area (Å²) in [5, 5.41) is 2.93. The van der Waals surface area contributed by atoms with E-state index >= 15 is 0 Å². The summed E-state index contributed by atoms with van der Waals surface area (Å²) < 4.78 is 28.9. The SMILES string of the molecule is Cc1nc(COc2cccc(C(=O)N(C)C3CCS(=O)(=O)C3)c2)cs1. The molecule has 2 heterocycles. The van der Waals surface area contributed by atoms with Gasteiger partial charge in [0.2, 0.25) is 0 Å². The molecule has 0 saturated carbocycles. The molecular weight excluding hydrogens is 360 g/mol. The summed E-state index contributed by atoms with van der Waals surface area (Å²) in [7, 11) is -1.37. The van der Waals surface area contributed by atoms with Gasteiger partial charge in [-0.05, 0) is 31.5 Å². The number of carbonyl (C=O) groups is 1. The fourth-order valence-electron chi connectivity index (χ4n) is 2.80. The van der Waals surface area contributed by atoms with E-state index in [1.54, 1.807) is 42.6 Å². The van der Waals surface area contributed by atoms with Gasteiger partial charge in [-0.25, -0.2) is 13.4 Å². The van der Waals surface area contributed by atoms with Crippen molar-refractivity contribution in [2.24, 2.45) is 0 Å². The Morgan fingerprint density at radius 1 is 1.44 bits per heavy atom. The number of sulfone groups is 1. The summed E-state index contributed by atoms with van der Waals surface area (Å²) in [6.07, 6.45) is 0.490. The topological polar surface area (TPSA) is 76.6 Å². The summed E-state index contributed by atoms with van der Waals surface area (Å²) in [4.78, 5) is 18.5. The molecule has 25 heavy (non-hydrogen) atoms. The molecule has 0 spiro atoms. The minimum absolute atomic E-state index is 0.0363. The van der Waals surface area contributed by atoms with Crippen LogP contribution in [0.15, 0.2) is 29.6 Å². The zero-order valence-corrected chi connectivity index (χ0v) is 15.8. The molecule has 1 aliphatic heterocycles. The lowest BCUT2D eigenvalue weighted by Crippen LogP contribution is -2.37. The number of nitrogens with zero attached hydrogens (tertiary/aromatic N) is 2. The molecule has 0 bridgehead atoms. The van der Waals surface area contributed by atoms with Crippen LogP contribution < -0.4 is 4.74 Å². The number of aryl methyl sites for hydroxylation is 1. The first-order valence-corrected chi connectivity index (χ1v) is 10.7. The van der Waals surface area contributed by atoms with E-state index in [-0.39, 0.29) is 23.5 Å². The van der Waals surface area contributed by atoms with Crippen molar-refractivity contribution >= 4 is 27.1 Å². The van der Waals surface area contributed by atoms with Crippen LogP contribution in [0.1, 0.15) is 27.5 Å². The van der Waals surface area contributed by atoms with Crippen LogP contribution in [0.4, 0.5) is 0 Å². The lowest BCUT2D eigenvalue weighted by molar-refractivity contribution is 0.0747. The van der Waals surface area contributed by atoms with Crippen molar-refractivity contribution in [3.8, 4) is 5.75 Å².